The SMILES string of the molecule is CCCOc1ccc(NS(=O)(=O)c2ccccc2C#N)cc1. The number of nitrogens with one attached hydrogen (secondary N) is 1. The molecular formula is C16H16N2O3S. The smallest absolute Gasteiger partial charge is 0.263 e. The van der Waals surface area contributed by atoms with Gasteiger partial charge in [0.05, 0.1) is 12.2 Å². The molecule has 0 saturated carbocycles. The third-order valence-corrected chi connectivity index (χ3v) is 4.32. The Morgan fingerprint density at radius 2 is 1.82 bits per heavy atom. The molecule has 114 valence electrons. The Bertz CT molecular complexity index is 778. The number of ether oxygens (including phenoxy) is 1. The summed E-state index contributed by atoms with van der Waals surface area (Å²) in [6, 6.07) is 14.6. The lowest BCUT2D eigenvalue weighted by atomic mass is 10.2. The second kappa shape index (κ2) is 6.96. The predicted octanol–water partition coefficient (Wildman–Crippen LogP) is 3.15. The van der Waals surface area contributed by atoms with E-state index in [0.29, 0.717) is 18.0 Å². The summed E-state index contributed by atoms with van der Waals surface area (Å²) < 4.78 is 32.6. The van der Waals surface area contributed by atoms with Crippen LogP contribution in [0.2, 0.25) is 0 Å². The number of benzene rings is 2. The number of nitriles is 1. The Morgan fingerprint density at radius 3 is 2.45 bits per heavy atom. The molecule has 0 aliphatic carbocycles. The summed E-state index contributed by atoms with van der Waals surface area (Å²) in [6.07, 6.45) is 0.902. The zero-order valence-corrected chi connectivity index (χ0v) is 12.9. The summed E-state index contributed by atoms with van der Waals surface area (Å²) in [4.78, 5) is -0.0381. The molecule has 5 nitrogen and oxygen atoms in total. The van der Waals surface area contributed by atoms with E-state index in [1.165, 1.54) is 12.1 Å². The Morgan fingerprint density at radius 1 is 1.14 bits per heavy atom. The largest absolute Gasteiger partial charge is 0.494 e. The third kappa shape index (κ3) is 3.77. The van der Waals surface area contributed by atoms with Crippen molar-refractivity contribution in [2.45, 2.75) is 18.2 Å². The summed E-state index contributed by atoms with van der Waals surface area (Å²) in [5.41, 5.74) is 0.523. The van der Waals surface area contributed by atoms with E-state index in [1.807, 2.05) is 13.0 Å². The van der Waals surface area contributed by atoms with Crippen LogP contribution in [0.15, 0.2) is 53.4 Å². The minimum absolute atomic E-state index is 0.0381. The van der Waals surface area contributed by atoms with E-state index in [1.54, 1.807) is 36.4 Å². The van der Waals surface area contributed by atoms with Crippen LogP contribution in [0.4, 0.5) is 5.69 Å². The lowest BCUT2D eigenvalue weighted by Gasteiger charge is -2.10. The zero-order chi connectivity index (χ0) is 16.0. The normalized spacial score (nSPS) is 10.7. The van der Waals surface area contributed by atoms with Crippen molar-refractivity contribution < 1.29 is 13.2 Å². The first kappa shape index (κ1) is 15.9. The highest BCUT2D eigenvalue weighted by Gasteiger charge is 2.18. The maximum atomic E-state index is 12.3. The zero-order valence-electron chi connectivity index (χ0n) is 12.1. The molecule has 1 N–H and O–H groups in total. The number of hydrogen-bond acceptors (Lipinski definition) is 4. The molecule has 0 amide bonds. The van der Waals surface area contributed by atoms with Crippen LogP contribution >= 0.6 is 0 Å². The molecule has 2 aromatic rings. The first-order valence-corrected chi connectivity index (χ1v) is 8.30. The van der Waals surface area contributed by atoms with Gasteiger partial charge in [0.2, 0.25) is 0 Å². The number of nitrogens with zero attached hydrogens (tertiary/aromatic N) is 1. The van der Waals surface area contributed by atoms with Crippen LogP contribution in [-0.4, -0.2) is 15.0 Å². The minimum Gasteiger partial charge on any atom is -0.494 e. The van der Waals surface area contributed by atoms with Gasteiger partial charge >= 0.3 is 0 Å². The number of rotatable bonds is 6. The van der Waals surface area contributed by atoms with E-state index in [9.17, 15) is 8.42 Å². The molecule has 0 radical (unpaired) electrons. The van der Waals surface area contributed by atoms with E-state index in [0.717, 1.165) is 6.42 Å². The lowest BCUT2D eigenvalue weighted by molar-refractivity contribution is 0.317. The van der Waals surface area contributed by atoms with Crippen molar-refractivity contribution >= 4 is 15.7 Å². The lowest BCUT2D eigenvalue weighted by Crippen LogP contribution is -2.14. The van der Waals surface area contributed by atoms with Gasteiger partial charge in [0.15, 0.2) is 0 Å². The Hall–Kier alpha value is -2.52. The van der Waals surface area contributed by atoms with Crippen LogP contribution in [0.1, 0.15) is 18.9 Å². The molecule has 0 bridgehead atoms. The standard InChI is InChI=1S/C16H16N2O3S/c1-2-11-21-15-9-7-14(8-10-15)18-22(19,20)16-6-4-3-5-13(16)12-17/h3-10,18H,2,11H2,1H3. The molecule has 0 aliphatic heterocycles. The maximum Gasteiger partial charge on any atom is 0.263 e. The molecule has 0 aromatic heterocycles. The Labute approximate surface area is 130 Å². The van der Waals surface area contributed by atoms with Crippen LogP contribution in [-0.2, 0) is 10.0 Å². The van der Waals surface area contributed by atoms with Crippen molar-refractivity contribution in [1.29, 1.82) is 5.26 Å². The highest BCUT2D eigenvalue weighted by molar-refractivity contribution is 7.92. The van der Waals surface area contributed by atoms with Crippen LogP contribution in [0.25, 0.3) is 0 Å². The second-order valence-corrected chi connectivity index (χ2v) is 6.24. The van der Waals surface area contributed by atoms with Gasteiger partial charge in [-0.2, -0.15) is 5.26 Å². The molecule has 0 spiro atoms. The predicted molar refractivity (Wildman–Crippen MR) is 84.2 cm³/mol. The molecule has 22 heavy (non-hydrogen) atoms. The highest BCUT2D eigenvalue weighted by atomic mass is 32.2. The summed E-state index contributed by atoms with van der Waals surface area (Å²) in [6.45, 7) is 2.62. The van der Waals surface area contributed by atoms with Gasteiger partial charge in [0, 0.05) is 5.69 Å². The van der Waals surface area contributed by atoms with Gasteiger partial charge in [-0.25, -0.2) is 8.42 Å². The number of hydrogen-bond donors (Lipinski definition) is 1. The minimum atomic E-state index is -3.80. The molecule has 2 aromatic carbocycles. The number of anilines is 1. The third-order valence-electron chi connectivity index (χ3n) is 2.88. The molecule has 0 aliphatic rings. The Kier molecular flexibility index (Phi) is 5.02. The monoisotopic (exact) mass is 316 g/mol. The molecule has 0 heterocycles. The summed E-state index contributed by atoms with van der Waals surface area (Å²) >= 11 is 0. The average molecular weight is 316 g/mol. The fourth-order valence-electron chi connectivity index (χ4n) is 1.84. The first-order chi connectivity index (χ1) is 10.6. The van der Waals surface area contributed by atoms with Crippen molar-refractivity contribution in [3.8, 4) is 11.8 Å². The molecule has 0 fully saturated rings. The van der Waals surface area contributed by atoms with Crippen LogP contribution < -0.4 is 9.46 Å². The fourth-order valence-corrected chi connectivity index (χ4v) is 3.06. The van der Waals surface area contributed by atoms with Gasteiger partial charge in [-0.1, -0.05) is 19.1 Å². The highest BCUT2D eigenvalue weighted by Crippen LogP contribution is 2.21. The summed E-state index contributed by atoms with van der Waals surface area (Å²) in [5.74, 6) is 0.683. The quantitative estimate of drug-likeness (QED) is 0.888. The molecular weight excluding hydrogens is 300 g/mol. The second-order valence-electron chi connectivity index (χ2n) is 4.59. The first-order valence-electron chi connectivity index (χ1n) is 6.81. The van der Waals surface area contributed by atoms with E-state index in [-0.39, 0.29) is 10.5 Å². The van der Waals surface area contributed by atoms with Gasteiger partial charge in [0.25, 0.3) is 10.0 Å². The van der Waals surface area contributed by atoms with Crippen molar-refractivity contribution in [2.24, 2.45) is 0 Å². The number of sulfonamides is 1. The van der Waals surface area contributed by atoms with Crippen molar-refractivity contribution in [1.82, 2.24) is 0 Å². The maximum absolute atomic E-state index is 12.3. The molecule has 0 unspecified atom stereocenters. The van der Waals surface area contributed by atoms with Gasteiger partial charge in [-0.15, -0.1) is 0 Å². The van der Waals surface area contributed by atoms with Gasteiger partial charge in [-0.05, 0) is 42.8 Å². The van der Waals surface area contributed by atoms with Gasteiger partial charge in [0.1, 0.15) is 16.7 Å². The summed E-state index contributed by atoms with van der Waals surface area (Å²) in [5, 5.41) is 9.01. The van der Waals surface area contributed by atoms with Crippen molar-refractivity contribution in [2.75, 3.05) is 11.3 Å². The Balaban J connectivity index is 2.20. The van der Waals surface area contributed by atoms with E-state index in [2.05, 4.69) is 4.72 Å². The molecule has 0 atom stereocenters. The van der Waals surface area contributed by atoms with Crippen molar-refractivity contribution in [3.63, 3.8) is 0 Å². The van der Waals surface area contributed by atoms with E-state index in [4.69, 9.17) is 10.00 Å². The van der Waals surface area contributed by atoms with Crippen molar-refractivity contribution in [3.05, 3.63) is 54.1 Å². The van der Waals surface area contributed by atoms with E-state index < -0.39 is 10.0 Å². The van der Waals surface area contributed by atoms with E-state index >= 15 is 0 Å². The molecule has 2 rings (SSSR count). The van der Waals surface area contributed by atoms with Crippen LogP contribution in [0, 0.1) is 11.3 Å². The van der Waals surface area contributed by atoms with Gasteiger partial charge < -0.3 is 4.74 Å². The topological polar surface area (TPSA) is 79.2 Å². The molecule has 0 saturated heterocycles. The average Bonchev–Trinajstić information content (AvgIpc) is 2.54. The van der Waals surface area contributed by atoms with Gasteiger partial charge in [-0.3, -0.25) is 4.72 Å². The summed E-state index contributed by atoms with van der Waals surface area (Å²) in [7, 11) is -3.80. The van der Waals surface area contributed by atoms with Crippen LogP contribution in [0.5, 0.6) is 5.75 Å². The molecule has 6 heteroatoms. The van der Waals surface area contributed by atoms with Crippen LogP contribution in [0.3, 0.4) is 0 Å². The fraction of sp³-hybridized carbons (Fsp3) is 0.188.